The maximum atomic E-state index is 13.1. The molecule has 0 aliphatic heterocycles. The summed E-state index contributed by atoms with van der Waals surface area (Å²) in [5, 5.41) is 0.922. The third kappa shape index (κ3) is 2.59. The highest BCUT2D eigenvalue weighted by Gasteiger charge is 2.11. The summed E-state index contributed by atoms with van der Waals surface area (Å²) in [6.07, 6.45) is 0.731. The first-order chi connectivity index (χ1) is 10.1. The number of carbonyl (C=O) groups is 1. The lowest BCUT2D eigenvalue weighted by atomic mass is 10.0. The predicted molar refractivity (Wildman–Crippen MR) is 85.0 cm³/mol. The van der Waals surface area contributed by atoms with Gasteiger partial charge in [0, 0.05) is 15.4 Å². The van der Waals surface area contributed by atoms with Gasteiger partial charge in [0.1, 0.15) is 11.5 Å². The van der Waals surface area contributed by atoms with E-state index in [1.807, 2.05) is 25.1 Å². The van der Waals surface area contributed by atoms with Crippen LogP contribution in [0.1, 0.15) is 16.1 Å². The van der Waals surface area contributed by atoms with Crippen molar-refractivity contribution in [3.8, 4) is 11.1 Å². The van der Waals surface area contributed by atoms with Crippen molar-refractivity contribution in [1.82, 2.24) is 4.98 Å². The fourth-order valence-electron chi connectivity index (χ4n) is 2.33. The zero-order valence-electron chi connectivity index (χ0n) is 11.2. The van der Waals surface area contributed by atoms with E-state index in [2.05, 4.69) is 20.9 Å². The summed E-state index contributed by atoms with van der Waals surface area (Å²) in [4.78, 5) is 15.8. The van der Waals surface area contributed by atoms with E-state index in [4.69, 9.17) is 0 Å². The van der Waals surface area contributed by atoms with Crippen LogP contribution in [0.15, 0.2) is 46.9 Å². The second-order valence-electron chi connectivity index (χ2n) is 4.86. The van der Waals surface area contributed by atoms with Crippen LogP contribution in [-0.2, 0) is 0 Å². The van der Waals surface area contributed by atoms with Gasteiger partial charge in [-0.05, 0) is 48.4 Å². The van der Waals surface area contributed by atoms with Crippen LogP contribution < -0.4 is 0 Å². The summed E-state index contributed by atoms with van der Waals surface area (Å²) in [6.45, 7) is 1.97. The van der Waals surface area contributed by atoms with Gasteiger partial charge in [-0.3, -0.25) is 4.79 Å². The molecule has 0 saturated heterocycles. The molecule has 21 heavy (non-hydrogen) atoms. The molecule has 0 atom stereocenters. The minimum atomic E-state index is -0.308. The SMILES string of the molecule is Cc1cc(Br)c2cc(-c3ccc(F)cc3)c(C=O)nc2c1. The zero-order valence-corrected chi connectivity index (χ0v) is 12.8. The van der Waals surface area contributed by atoms with Gasteiger partial charge < -0.3 is 0 Å². The maximum Gasteiger partial charge on any atom is 0.169 e. The van der Waals surface area contributed by atoms with E-state index in [1.54, 1.807) is 12.1 Å². The van der Waals surface area contributed by atoms with Crippen molar-refractivity contribution < 1.29 is 9.18 Å². The fraction of sp³-hybridized carbons (Fsp3) is 0.0588. The van der Waals surface area contributed by atoms with Gasteiger partial charge in [0.05, 0.1) is 5.52 Å². The summed E-state index contributed by atoms with van der Waals surface area (Å²) >= 11 is 3.52. The van der Waals surface area contributed by atoms with Crippen molar-refractivity contribution in [2.75, 3.05) is 0 Å². The fourth-order valence-corrected chi connectivity index (χ4v) is 3.01. The lowest BCUT2D eigenvalue weighted by Gasteiger charge is -2.09. The number of hydrogen-bond donors (Lipinski definition) is 0. The Bertz CT molecular complexity index is 844. The van der Waals surface area contributed by atoms with Gasteiger partial charge in [0.2, 0.25) is 0 Å². The molecule has 0 radical (unpaired) electrons. The van der Waals surface area contributed by atoms with Gasteiger partial charge in [-0.1, -0.05) is 28.1 Å². The number of hydrogen-bond acceptors (Lipinski definition) is 2. The molecular weight excluding hydrogens is 333 g/mol. The summed E-state index contributed by atoms with van der Waals surface area (Å²) in [5.74, 6) is -0.308. The lowest BCUT2D eigenvalue weighted by molar-refractivity contribution is 0.112. The van der Waals surface area contributed by atoms with Crippen LogP contribution in [0.5, 0.6) is 0 Å². The quantitative estimate of drug-likeness (QED) is 0.618. The van der Waals surface area contributed by atoms with Crippen molar-refractivity contribution >= 4 is 33.1 Å². The molecule has 0 amide bonds. The Labute approximate surface area is 129 Å². The Hall–Kier alpha value is -2.07. The predicted octanol–water partition coefficient (Wildman–Crippen LogP) is 4.92. The highest BCUT2D eigenvalue weighted by Crippen LogP contribution is 2.31. The van der Waals surface area contributed by atoms with Crippen LogP contribution in [-0.4, -0.2) is 11.3 Å². The average molecular weight is 344 g/mol. The first-order valence-electron chi connectivity index (χ1n) is 6.40. The van der Waals surface area contributed by atoms with E-state index in [0.29, 0.717) is 11.3 Å². The number of nitrogens with zero attached hydrogens (tertiary/aromatic N) is 1. The van der Waals surface area contributed by atoms with Crippen LogP contribution in [0.3, 0.4) is 0 Å². The van der Waals surface area contributed by atoms with Crippen LogP contribution in [0.25, 0.3) is 22.0 Å². The first-order valence-corrected chi connectivity index (χ1v) is 7.20. The number of aryl methyl sites for hydroxylation is 1. The number of fused-ring (bicyclic) bond motifs is 1. The Morgan fingerprint density at radius 1 is 1.14 bits per heavy atom. The number of carbonyl (C=O) groups excluding carboxylic acids is 1. The Morgan fingerprint density at radius 3 is 2.52 bits per heavy atom. The number of halogens is 2. The highest BCUT2D eigenvalue weighted by molar-refractivity contribution is 9.10. The molecule has 104 valence electrons. The third-order valence-electron chi connectivity index (χ3n) is 3.32. The lowest BCUT2D eigenvalue weighted by Crippen LogP contribution is -1.95. The monoisotopic (exact) mass is 343 g/mol. The van der Waals surface area contributed by atoms with Gasteiger partial charge in [0.15, 0.2) is 6.29 Å². The normalized spacial score (nSPS) is 10.8. The molecule has 0 bridgehead atoms. The number of rotatable bonds is 2. The second kappa shape index (κ2) is 5.37. The molecule has 0 saturated carbocycles. The van der Waals surface area contributed by atoms with E-state index < -0.39 is 0 Å². The largest absolute Gasteiger partial charge is 0.296 e. The Kier molecular flexibility index (Phi) is 3.55. The van der Waals surface area contributed by atoms with Crippen molar-refractivity contribution in [2.24, 2.45) is 0 Å². The van der Waals surface area contributed by atoms with E-state index in [9.17, 15) is 9.18 Å². The Morgan fingerprint density at radius 2 is 1.86 bits per heavy atom. The zero-order chi connectivity index (χ0) is 15.0. The number of pyridine rings is 1. The number of aromatic nitrogens is 1. The van der Waals surface area contributed by atoms with E-state index in [-0.39, 0.29) is 5.82 Å². The van der Waals surface area contributed by atoms with Crippen LogP contribution in [0.4, 0.5) is 4.39 Å². The molecule has 4 heteroatoms. The summed E-state index contributed by atoms with van der Waals surface area (Å²) in [7, 11) is 0. The van der Waals surface area contributed by atoms with Crippen molar-refractivity contribution in [1.29, 1.82) is 0 Å². The molecular formula is C17H11BrFNO. The van der Waals surface area contributed by atoms with E-state index >= 15 is 0 Å². The minimum Gasteiger partial charge on any atom is -0.296 e. The van der Waals surface area contributed by atoms with Gasteiger partial charge in [-0.2, -0.15) is 0 Å². The van der Waals surface area contributed by atoms with Gasteiger partial charge in [-0.15, -0.1) is 0 Å². The average Bonchev–Trinajstić information content (AvgIpc) is 2.47. The van der Waals surface area contributed by atoms with Crippen LogP contribution in [0, 0.1) is 12.7 Å². The third-order valence-corrected chi connectivity index (χ3v) is 3.98. The summed E-state index contributed by atoms with van der Waals surface area (Å²) in [6, 6.07) is 11.9. The molecule has 0 aliphatic carbocycles. The summed E-state index contributed by atoms with van der Waals surface area (Å²) in [5.41, 5.74) is 3.64. The molecule has 0 spiro atoms. The van der Waals surface area contributed by atoms with E-state index in [1.165, 1.54) is 12.1 Å². The molecule has 1 heterocycles. The molecule has 3 aromatic rings. The van der Waals surface area contributed by atoms with Crippen molar-refractivity contribution in [3.05, 3.63) is 64.0 Å². The molecule has 3 rings (SSSR count). The molecule has 0 unspecified atom stereocenters. The topological polar surface area (TPSA) is 30.0 Å². The van der Waals surface area contributed by atoms with Crippen LogP contribution in [0.2, 0.25) is 0 Å². The molecule has 0 aliphatic rings. The van der Waals surface area contributed by atoms with Gasteiger partial charge in [0.25, 0.3) is 0 Å². The molecule has 0 fully saturated rings. The van der Waals surface area contributed by atoms with Crippen molar-refractivity contribution in [3.63, 3.8) is 0 Å². The van der Waals surface area contributed by atoms with Gasteiger partial charge in [-0.25, -0.2) is 9.37 Å². The standard InChI is InChI=1S/C17H11BrFNO/c1-10-6-15(18)14-8-13(11-2-4-12(19)5-3-11)17(9-21)20-16(14)7-10/h2-9H,1H3. The molecule has 0 N–H and O–H groups in total. The minimum absolute atomic E-state index is 0.308. The maximum absolute atomic E-state index is 13.1. The first kappa shape index (κ1) is 13.9. The molecule has 1 aromatic heterocycles. The van der Waals surface area contributed by atoms with Crippen molar-refractivity contribution in [2.45, 2.75) is 6.92 Å². The number of aldehydes is 1. The highest BCUT2D eigenvalue weighted by atomic mass is 79.9. The molecule has 2 aromatic carbocycles. The number of benzene rings is 2. The van der Waals surface area contributed by atoms with Crippen LogP contribution >= 0.6 is 15.9 Å². The molecule has 2 nitrogen and oxygen atoms in total. The Balaban J connectivity index is 2.31. The van der Waals surface area contributed by atoms with E-state index in [0.717, 1.165) is 32.8 Å². The van der Waals surface area contributed by atoms with Gasteiger partial charge >= 0.3 is 0 Å². The smallest absolute Gasteiger partial charge is 0.169 e. The summed E-state index contributed by atoms with van der Waals surface area (Å²) < 4.78 is 14.0. The second-order valence-corrected chi connectivity index (χ2v) is 5.71.